The van der Waals surface area contributed by atoms with Gasteiger partial charge in [0.1, 0.15) is 0 Å². The van der Waals surface area contributed by atoms with Crippen molar-refractivity contribution in [2.24, 2.45) is 0 Å². The van der Waals surface area contributed by atoms with E-state index in [9.17, 15) is 0 Å². The van der Waals surface area contributed by atoms with Gasteiger partial charge in [-0.05, 0) is 38.9 Å². The molecule has 1 aliphatic heterocycles. The molecular weight excluding hydrogens is 160 g/mol. The first-order valence-electron chi connectivity index (χ1n) is 5.82. The molecule has 1 fully saturated rings. The lowest BCUT2D eigenvalue weighted by atomic mass is 10.1. The maximum Gasteiger partial charge on any atom is 0.0195 e. The molecule has 1 rings (SSSR count). The van der Waals surface area contributed by atoms with Crippen molar-refractivity contribution in [3.05, 3.63) is 0 Å². The van der Waals surface area contributed by atoms with E-state index in [1.54, 1.807) is 0 Å². The van der Waals surface area contributed by atoms with Crippen molar-refractivity contribution in [3.8, 4) is 0 Å². The fourth-order valence-electron chi connectivity index (χ4n) is 2.10. The monoisotopic (exact) mass is 184 g/mol. The van der Waals surface area contributed by atoms with Crippen LogP contribution in [0.3, 0.4) is 0 Å². The zero-order valence-electron chi connectivity index (χ0n) is 9.18. The molecule has 0 amide bonds. The van der Waals surface area contributed by atoms with Crippen LogP contribution in [0.15, 0.2) is 0 Å². The zero-order chi connectivity index (χ0) is 9.52. The van der Waals surface area contributed by atoms with Gasteiger partial charge in [-0.15, -0.1) is 0 Å². The first-order chi connectivity index (χ1) is 6.36. The van der Waals surface area contributed by atoms with Crippen LogP contribution in [0.2, 0.25) is 0 Å². The molecule has 0 aliphatic carbocycles. The zero-order valence-corrected chi connectivity index (χ0v) is 9.18. The van der Waals surface area contributed by atoms with Crippen molar-refractivity contribution in [2.45, 2.75) is 45.6 Å². The van der Waals surface area contributed by atoms with Crippen LogP contribution in [-0.2, 0) is 0 Å². The first kappa shape index (κ1) is 11.0. The summed E-state index contributed by atoms with van der Waals surface area (Å²) in [5, 5.41) is 3.55. The highest BCUT2D eigenvalue weighted by Gasteiger charge is 2.17. The fraction of sp³-hybridized carbons (Fsp3) is 1.00. The molecule has 2 heteroatoms. The van der Waals surface area contributed by atoms with E-state index in [1.807, 2.05) is 0 Å². The summed E-state index contributed by atoms with van der Waals surface area (Å²) in [5.74, 6) is 0. The third-order valence-corrected chi connectivity index (χ3v) is 2.83. The number of rotatable bonds is 5. The Morgan fingerprint density at radius 1 is 1.38 bits per heavy atom. The average Bonchev–Trinajstić information content (AvgIpc) is 2.16. The maximum atomic E-state index is 3.55. The van der Waals surface area contributed by atoms with Crippen molar-refractivity contribution >= 4 is 0 Å². The number of likely N-dealkylation sites (N-methyl/N-ethyl adjacent to an activating group) is 1. The van der Waals surface area contributed by atoms with Gasteiger partial charge in [-0.3, -0.25) is 0 Å². The van der Waals surface area contributed by atoms with Crippen molar-refractivity contribution < 1.29 is 0 Å². The molecule has 13 heavy (non-hydrogen) atoms. The minimum atomic E-state index is 0.760. The highest BCUT2D eigenvalue weighted by molar-refractivity contribution is 4.77. The average molecular weight is 184 g/mol. The van der Waals surface area contributed by atoms with Crippen molar-refractivity contribution in [3.63, 3.8) is 0 Å². The van der Waals surface area contributed by atoms with Gasteiger partial charge >= 0.3 is 0 Å². The van der Waals surface area contributed by atoms with Crippen LogP contribution in [0.1, 0.15) is 39.5 Å². The van der Waals surface area contributed by atoms with Gasteiger partial charge < -0.3 is 10.2 Å². The Balaban J connectivity index is 2.16. The van der Waals surface area contributed by atoms with E-state index in [0.717, 1.165) is 12.6 Å². The van der Waals surface area contributed by atoms with E-state index in [4.69, 9.17) is 0 Å². The van der Waals surface area contributed by atoms with Gasteiger partial charge in [-0.1, -0.05) is 20.3 Å². The molecule has 0 spiro atoms. The third kappa shape index (κ3) is 4.10. The molecule has 2 nitrogen and oxygen atoms in total. The second-order valence-corrected chi connectivity index (χ2v) is 4.05. The first-order valence-corrected chi connectivity index (χ1v) is 5.82. The SMILES string of the molecule is CCCCN1CCCC(NCC)C1. The molecule has 1 unspecified atom stereocenters. The van der Waals surface area contributed by atoms with Crippen LogP contribution in [0.4, 0.5) is 0 Å². The molecule has 1 atom stereocenters. The normalized spacial score (nSPS) is 24.9. The van der Waals surface area contributed by atoms with Gasteiger partial charge in [0.25, 0.3) is 0 Å². The van der Waals surface area contributed by atoms with Crippen LogP contribution in [-0.4, -0.2) is 37.1 Å². The summed E-state index contributed by atoms with van der Waals surface area (Å²) in [6, 6.07) is 0.760. The largest absolute Gasteiger partial charge is 0.313 e. The maximum absolute atomic E-state index is 3.55. The van der Waals surface area contributed by atoms with Crippen molar-refractivity contribution in [2.75, 3.05) is 26.2 Å². The molecule has 0 bridgehead atoms. The Morgan fingerprint density at radius 3 is 2.92 bits per heavy atom. The minimum Gasteiger partial charge on any atom is -0.313 e. The standard InChI is InChI=1S/C11H24N2/c1-3-5-8-13-9-6-7-11(10-13)12-4-2/h11-12H,3-10H2,1-2H3. The Labute approximate surface area is 82.7 Å². The molecule has 0 radical (unpaired) electrons. The van der Waals surface area contributed by atoms with Crippen LogP contribution in [0.25, 0.3) is 0 Å². The van der Waals surface area contributed by atoms with E-state index in [1.165, 1.54) is 45.3 Å². The predicted octanol–water partition coefficient (Wildman–Crippen LogP) is 1.86. The molecule has 0 aromatic rings. The van der Waals surface area contributed by atoms with Gasteiger partial charge in [0.05, 0.1) is 0 Å². The smallest absolute Gasteiger partial charge is 0.0195 e. The minimum absolute atomic E-state index is 0.760. The van der Waals surface area contributed by atoms with Gasteiger partial charge in [0.15, 0.2) is 0 Å². The Hall–Kier alpha value is -0.0800. The van der Waals surface area contributed by atoms with Crippen LogP contribution < -0.4 is 5.32 Å². The molecule has 78 valence electrons. The Kier molecular flexibility index (Phi) is 5.40. The van der Waals surface area contributed by atoms with E-state index in [2.05, 4.69) is 24.1 Å². The highest BCUT2D eigenvalue weighted by atomic mass is 15.2. The third-order valence-electron chi connectivity index (χ3n) is 2.83. The quantitative estimate of drug-likeness (QED) is 0.701. The summed E-state index contributed by atoms with van der Waals surface area (Å²) in [6.45, 7) is 9.48. The van der Waals surface area contributed by atoms with Gasteiger partial charge in [-0.25, -0.2) is 0 Å². The fourth-order valence-corrected chi connectivity index (χ4v) is 2.10. The van der Waals surface area contributed by atoms with Gasteiger partial charge in [0.2, 0.25) is 0 Å². The van der Waals surface area contributed by atoms with Crippen molar-refractivity contribution in [1.29, 1.82) is 0 Å². The van der Waals surface area contributed by atoms with Crippen LogP contribution >= 0.6 is 0 Å². The van der Waals surface area contributed by atoms with Crippen molar-refractivity contribution in [1.82, 2.24) is 10.2 Å². The van der Waals surface area contributed by atoms with Crippen LogP contribution in [0.5, 0.6) is 0 Å². The summed E-state index contributed by atoms with van der Waals surface area (Å²) >= 11 is 0. The molecule has 0 aromatic carbocycles. The summed E-state index contributed by atoms with van der Waals surface area (Å²) in [6.07, 6.45) is 5.43. The van der Waals surface area contributed by atoms with Gasteiger partial charge in [0, 0.05) is 12.6 Å². The van der Waals surface area contributed by atoms with E-state index in [0.29, 0.717) is 0 Å². The highest BCUT2D eigenvalue weighted by Crippen LogP contribution is 2.10. The molecule has 1 aliphatic rings. The number of nitrogens with zero attached hydrogens (tertiary/aromatic N) is 1. The molecule has 0 aromatic heterocycles. The predicted molar refractivity (Wildman–Crippen MR) is 58.0 cm³/mol. The van der Waals surface area contributed by atoms with E-state index < -0.39 is 0 Å². The molecule has 1 N–H and O–H groups in total. The van der Waals surface area contributed by atoms with Gasteiger partial charge in [-0.2, -0.15) is 0 Å². The molecular formula is C11H24N2. The Bertz CT molecular complexity index is 123. The summed E-state index contributed by atoms with van der Waals surface area (Å²) in [5.41, 5.74) is 0. The number of hydrogen-bond donors (Lipinski definition) is 1. The lowest BCUT2D eigenvalue weighted by Gasteiger charge is -2.33. The molecule has 0 saturated carbocycles. The number of hydrogen-bond acceptors (Lipinski definition) is 2. The summed E-state index contributed by atoms with van der Waals surface area (Å²) in [4.78, 5) is 2.61. The number of nitrogens with one attached hydrogen (secondary N) is 1. The lowest BCUT2D eigenvalue weighted by Crippen LogP contribution is -2.45. The number of unbranched alkanes of at least 4 members (excludes halogenated alkanes) is 1. The topological polar surface area (TPSA) is 15.3 Å². The second-order valence-electron chi connectivity index (χ2n) is 4.05. The summed E-state index contributed by atoms with van der Waals surface area (Å²) < 4.78 is 0. The number of likely N-dealkylation sites (tertiary alicyclic amines) is 1. The Morgan fingerprint density at radius 2 is 2.23 bits per heavy atom. The number of piperidine rings is 1. The summed E-state index contributed by atoms with van der Waals surface area (Å²) in [7, 11) is 0. The van der Waals surface area contributed by atoms with Crippen LogP contribution in [0, 0.1) is 0 Å². The lowest BCUT2D eigenvalue weighted by molar-refractivity contribution is 0.189. The van der Waals surface area contributed by atoms with E-state index in [-0.39, 0.29) is 0 Å². The molecule has 1 heterocycles. The van der Waals surface area contributed by atoms with E-state index >= 15 is 0 Å². The second kappa shape index (κ2) is 6.39. The molecule has 1 saturated heterocycles.